The molecule has 0 saturated carbocycles. The maximum atomic E-state index is 5.76. The summed E-state index contributed by atoms with van der Waals surface area (Å²) in [6, 6.07) is 11.7. The molecule has 1 aromatic carbocycles. The number of allylic oxidation sites excluding steroid dienone is 1. The molecule has 31 heavy (non-hydrogen) atoms. The number of fused-ring (bicyclic) bond motifs is 3. The molecule has 0 aliphatic carbocycles. The lowest BCUT2D eigenvalue weighted by atomic mass is 9.62. The molecule has 1 atom stereocenters. The molecule has 0 bridgehead atoms. The van der Waals surface area contributed by atoms with Gasteiger partial charge in [0.05, 0.1) is 6.61 Å². The van der Waals surface area contributed by atoms with Crippen LogP contribution in [0.3, 0.4) is 0 Å². The summed E-state index contributed by atoms with van der Waals surface area (Å²) in [6.07, 6.45) is 3.30. The van der Waals surface area contributed by atoms with E-state index in [4.69, 9.17) is 4.74 Å². The first-order valence-electron chi connectivity index (χ1n) is 11.6. The highest BCUT2D eigenvalue weighted by molar-refractivity contribution is 5.82. The number of nitrogens with zero attached hydrogens (tertiary/aromatic N) is 1. The maximum absolute atomic E-state index is 5.76. The van der Waals surface area contributed by atoms with Crippen molar-refractivity contribution in [2.45, 2.75) is 72.4 Å². The molecule has 1 aliphatic heterocycles. The lowest BCUT2D eigenvalue weighted by molar-refractivity contribution is -0.750. The van der Waals surface area contributed by atoms with Gasteiger partial charge in [-0.25, -0.2) is 0 Å². The highest BCUT2D eigenvalue weighted by Crippen LogP contribution is 2.49. The van der Waals surface area contributed by atoms with Crippen molar-refractivity contribution < 1.29 is 9.30 Å². The van der Waals surface area contributed by atoms with Crippen molar-refractivity contribution >= 4 is 16.5 Å². The van der Waals surface area contributed by atoms with Crippen LogP contribution in [0.25, 0.3) is 16.5 Å². The monoisotopic (exact) mass is 421 g/mol. The number of rotatable bonds is 7. The van der Waals surface area contributed by atoms with E-state index in [0.29, 0.717) is 18.6 Å². The first-order valence-corrected chi connectivity index (χ1v) is 11.6. The van der Waals surface area contributed by atoms with Crippen molar-refractivity contribution in [3.8, 4) is 0 Å². The average Bonchev–Trinajstić information content (AvgIpc) is 2.69. The number of methoxy groups -OCH3 is 1. The second-order valence-electron chi connectivity index (χ2n) is 10.5. The maximum Gasteiger partial charge on any atom is 0.214 e. The zero-order valence-corrected chi connectivity index (χ0v) is 20.8. The third-order valence-corrected chi connectivity index (χ3v) is 7.19. The smallest absolute Gasteiger partial charge is 0.214 e. The second-order valence-corrected chi connectivity index (χ2v) is 10.5. The third-order valence-electron chi connectivity index (χ3n) is 7.19. The van der Waals surface area contributed by atoms with Crippen LogP contribution < -0.4 is 9.88 Å². The summed E-state index contributed by atoms with van der Waals surface area (Å²) < 4.78 is 8.31. The van der Waals surface area contributed by atoms with Crippen LogP contribution in [0.1, 0.15) is 72.1 Å². The lowest BCUT2D eigenvalue weighted by Gasteiger charge is -2.46. The Morgan fingerprint density at radius 2 is 1.87 bits per heavy atom. The molecule has 2 heterocycles. The number of hydrogen-bond acceptors (Lipinski definition) is 2. The molecule has 1 aliphatic rings. The minimum Gasteiger partial charge on any atom is -0.380 e. The van der Waals surface area contributed by atoms with Crippen LogP contribution in [0.2, 0.25) is 0 Å². The molecule has 0 radical (unpaired) electrons. The van der Waals surface area contributed by atoms with Crippen molar-refractivity contribution in [2.75, 3.05) is 20.3 Å². The largest absolute Gasteiger partial charge is 0.380 e. The van der Waals surface area contributed by atoms with E-state index in [1.54, 1.807) is 7.11 Å². The Hall–Kier alpha value is -1.97. The fraction of sp³-hybridized carbons (Fsp3) is 0.536. The van der Waals surface area contributed by atoms with Crippen molar-refractivity contribution in [3.05, 3.63) is 59.8 Å². The summed E-state index contributed by atoms with van der Waals surface area (Å²) in [6.45, 7) is 22.0. The van der Waals surface area contributed by atoms with Gasteiger partial charge in [0.15, 0.2) is 5.54 Å². The third kappa shape index (κ3) is 4.10. The van der Waals surface area contributed by atoms with Crippen molar-refractivity contribution in [1.29, 1.82) is 0 Å². The minimum absolute atomic E-state index is 0.0218. The van der Waals surface area contributed by atoms with E-state index in [9.17, 15) is 0 Å². The average molecular weight is 422 g/mol. The van der Waals surface area contributed by atoms with Gasteiger partial charge < -0.3 is 10.1 Å². The molecule has 0 fully saturated rings. The summed E-state index contributed by atoms with van der Waals surface area (Å²) in [5.41, 5.74) is 6.19. The number of para-hydroxylation sites is 1. The van der Waals surface area contributed by atoms with Gasteiger partial charge in [-0.2, -0.15) is 4.57 Å². The fourth-order valence-electron chi connectivity index (χ4n) is 5.20. The Morgan fingerprint density at radius 3 is 2.48 bits per heavy atom. The Morgan fingerprint density at radius 1 is 1.19 bits per heavy atom. The number of nitrogens with one attached hydrogen (secondary N) is 1. The fourth-order valence-corrected chi connectivity index (χ4v) is 5.20. The van der Waals surface area contributed by atoms with E-state index in [1.165, 1.54) is 33.3 Å². The van der Waals surface area contributed by atoms with Gasteiger partial charge >= 0.3 is 0 Å². The van der Waals surface area contributed by atoms with Crippen LogP contribution in [-0.2, 0) is 10.3 Å². The molecule has 3 rings (SSSR count). The number of hydrogen-bond donors (Lipinski definition) is 1. The molecule has 3 heteroatoms. The van der Waals surface area contributed by atoms with Crippen molar-refractivity contribution in [1.82, 2.24) is 5.32 Å². The Labute approximate surface area is 189 Å². The summed E-state index contributed by atoms with van der Waals surface area (Å²) in [4.78, 5) is 0. The van der Waals surface area contributed by atoms with Gasteiger partial charge in [-0.1, -0.05) is 66.3 Å². The normalized spacial score (nSPS) is 21.2. The first kappa shape index (κ1) is 23.7. The Balaban J connectivity index is 2.37. The summed E-state index contributed by atoms with van der Waals surface area (Å²) >= 11 is 0. The number of pyridine rings is 1. The van der Waals surface area contributed by atoms with Crippen molar-refractivity contribution in [2.24, 2.45) is 5.41 Å². The minimum atomic E-state index is -0.243. The van der Waals surface area contributed by atoms with Crippen molar-refractivity contribution in [3.63, 3.8) is 0 Å². The molecule has 168 valence electrons. The van der Waals surface area contributed by atoms with Crippen LogP contribution in [0.15, 0.2) is 48.6 Å². The topological polar surface area (TPSA) is 25.1 Å². The van der Waals surface area contributed by atoms with E-state index < -0.39 is 0 Å². The Kier molecular flexibility index (Phi) is 6.78. The van der Waals surface area contributed by atoms with E-state index >= 15 is 0 Å². The number of ether oxygens (including phenoxy) is 1. The van der Waals surface area contributed by atoms with Crippen LogP contribution in [0.4, 0.5) is 0 Å². The molecule has 1 N–H and O–H groups in total. The molecular formula is C28H41N2O+. The van der Waals surface area contributed by atoms with E-state index in [0.717, 1.165) is 13.0 Å². The quantitative estimate of drug-likeness (QED) is 0.439. The summed E-state index contributed by atoms with van der Waals surface area (Å²) in [5, 5.41) is 4.88. The summed E-state index contributed by atoms with van der Waals surface area (Å²) in [7, 11) is 1.80. The van der Waals surface area contributed by atoms with E-state index in [2.05, 4.69) is 101 Å². The second kappa shape index (κ2) is 8.88. The Bertz CT molecular complexity index is 999. The first-order chi connectivity index (χ1) is 14.5. The molecule has 0 amide bonds. The summed E-state index contributed by atoms with van der Waals surface area (Å²) in [5.74, 6) is 0.453. The van der Waals surface area contributed by atoms with E-state index in [-0.39, 0.29) is 11.0 Å². The van der Waals surface area contributed by atoms with E-state index in [1.807, 2.05) is 0 Å². The molecule has 1 aromatic heterocycles. The van der Waals surface area contributed by atoms with Crippen LogP contribution in [0, 0.1) is 5.41 Å². The van der Waals surface area contributed by atoms with Gasteiger partial charge in [0.25, 0.3) is 0 Å². The highest BCUT2D eigenvalue weighted by atomic mass is 16.5. The van der Waals surface area contributed by atoms with Crippen LogP contribution in [-0.4, -0.2) is 26.3 Å². The molecule has 2 aromatic rings. The zero-order valence-electron chi connectivity index (χ0n) is 20.8. The van der Waals surface area contributed by atoms with Gasteiger partial charge in [0.1, 0.15) is 0 Å². The molecule has 1 unspecified atom stereocenters. The standard InChI is InChI=1S/C28H41N2O/c1-19(2)24-16-26-21(5)17-27(6,7)28(8,22(18-31-9)14-15-29-20(3)4)30(26)25-13-11-10-12-23(24)25/h10-14,16,19-20,29H,5,15,17-18H2,1-4,6-9H3/q+1/b22-14+. The molecule has 0 spiro atoms. The van der Waals surface area contributed by atoms with Crippen LogP contribution in [0.5, 0.6) is 0 Å². The van der Waals surface area contributed by atoms with Gasteiger partial charge in [-0.05, 0) is 24.0 Å². The number of benzene rings is 1. The van der Waals surface area contributed by atoms with Crippen LogP contribution >= 0.6 is 0 Å². The number of aromatic nitrogens is 1. The molecular weight excluding hydrogens is 380 g/mol. The SMILES string of the molecule is C=C1CC(C)(C)C(C)(/C(=C/CNC(C)C)COC)[n+]2c1cc(C(C)C)c1ccccc12. The molecule has 3 nitrogen and oxygen atoms in total. The zero-order chi connectivity index (χ0) is 23.0. The predicted octanol–water partition coefficient (Wildman–Crippen LogP) is 5.98. The van der Waals surface area contributed by atoms with Gasteiger partial charge in [0, 0.05) is 60.7 Å². The van der Waals surface area contributed by atoms with Gasteiger partial charge in [0.2, 0.25) is 11.2 Å². The van der Waals surface area contributed by atoms with Gasteiger partial charge in [-0.3, -0.25) is 0 Å². The lowest BCUT2D eigenvalue weighted by Crippen LogP contribution is -2.68. The predicted molar refractivity (Wildman–Crippen MR) is 132 cm³/mol. The molecule has 0 saturated heterocycles. The highest BCUT2D eigenvalue weighted by Gasteiger charge is 2.57. The van der Waals surface area contributed by atoms with Gasteiger partial charge in [-0.15, -0.1) is 0 Å².